The minimum absolute atomic E-state index is 0.413. The average Bonchev–Trinajstić information content (AvgIpc) is 2.55. The number of ether oxygens (including phenoxy) is 2. The number of nitrogens with one attached hydrogen (secondary N) is 1. The maximum atomic E-state index is 12.0. The molecule has 2 aromatic rings. The summed E-state index contributed by atoms with van der Waals surface area (Å²) in [6.45, 7) is 6.85. The predicted molar refractivity (Wildman–Crippen MR) is 102 cm³/mol. The van der Waals surface area contributed by atoms with Gasteiger partial charge in [0.2, 0.25) is 0 Å². The van der Waals surface area contributed by atoms with E-state index in [0.29, 0.717) is 16.5 Å². The number of aryl methyl sites for hydroxylation is 3. The third-order valence-corrected chi connectivity index (χ3v) is 3.97. The van der Waals surface area contributed by atoms with Crippen molar-refractivity contribution in [3.8, 4) is 5.75 Å². The second-order valence-corrected chi connectivity index (χ2v) is 6.58. The highest BCUT2D eigenvalue weighted by Crippen LogP contribution is 2.27. The van der Waals surface area contributed by atoms with E-state index < -0.39 is 24.6 Å². The van der Waals surface area contributed by atoms with E-state index in [1.54, 1.807) is 19.1 Å². The maximum absolute atomic E-state index is 12.0. The van der Waals surface area contributed by atoms with E-state index in [2.05, 4.69) is 5.32 Å². The Bertz CT molecular complexity index is 796. The number of hydrogen-bond donors (Lipinski definition) is 1. The lowest BCUT2D eigenvalue weighted by molar-refractivity contribution is -0.153. The molecule has 1 atom stereocenters. The predicted octanol–water partition coefficient (Wildman–Crippen LogP) is 4.21. The van der Waals surface area contributed by atoms with E-state index in [4.69, 9.17) is 21.1 Å². The van der Waals surface area contributed by atoms with Gasteiger partial charge in [0.05, 0.1) is 10.7 Å². The molecule has 2 rings (SSSR count). The second kappa shape index (κ2) is 8.72. The van der Waals surface area contributed by atoms with Crippen LogP contribution in [0.25, 0.3) is 0 Å². The van der Waals surface area contributed by atoms with E-state index in [0.717, 1.165) is 16.7 Å². The van der Waals surface area contributed by atoms with Gasteiger partial charge in [0.1, 0.15) is 5.75 Å². The molecule has 138 valence electrons. The molecule has 0 radical (unpaired) electrons. The van der Waals surface area contributed by atoms with Crippen LogP contribution in [0.1, 0.15) is 23.6 Å². The van der Waals surface area contributed by atoms with Crippen molar-refractivity contribution in [2.75, 3.05) is 11.9 Å². The van der Waals surface area contributed by atoms with Crippen LogP contribution in [-0.2, 0) is 14.3 Å². The zero-order chi connectivity index (χ0) is 19.3. The van der Waals surface area contributed by atoms with Gasteiger partial charge in [-0.15, -0.1) is 0 Å². The number of benzene rings is 2. The Morgan fingerprint density at radius 2 is 1.85 bits per heavy atom. The number of anilines is 1. The van der Waals surface area contributed by atoms with Gasteiger partial charge in [-0.05, 0) is 62.6 Å². The highest BCUT2D eigenvalue weighted by molar-refractivity contribution is 6.34. The molecule has 26 heavy (non-hydrogen) atoms. The zero-order valence-corrected chi connectivity index (χ0v) is 16.0. The summed E-state index contributed by atoms with van der Waals surface area (Å²) in [7, 11) is 0. The molecule has 0 heterocycles. The third-order valence-electron chi connectivity index (χ3n) is 3.68. The molecular weight excluding hydrogens is 354 g/mol. The summed E-state index contributed by atoms with van der Waals surface area (Å²) in [5.41, 5.74) is 3.38. The van der Waals surface area contributed by atoms with Gasteiger partial charge in [0.25, 0.3) is 5.91 Å². The fourth-order valence-electron chi connectivity index (χ4n) is 2.44. The average molecular weight is 376 g/mol. The highest BCUT2D eigenvalue weighted by Gasteiger charge is 2.18. The molecule has 0 aromatic heterocycles. The standard InChI is InChI=1S/C20H22ClNO4/c1-12-6-5-7-16(9-12)26-15(4)20(24)25-11-18(23)22-19-14(3)8-13(2)10-17(19)21/h5-10,15H,11H2,1-4H3,(H,22,23)/t15-/m0/s1. The van der Waals surface area contributed by atoms with Gasteiger partial charge < -0.3 is 14.8 Å². The number of rotatable bonds is 6. The number of hydrogen-bond acceptors (Lipinski definition) is 4. The van der Waals surface area contributed by atoms with E-state index in [1.807, 2.05) is 45.0 Å². The van der Waals surface area contributed by atoms with Crippen LogP contribution in [-0.4, -0.2) is 24.6 Å². The molecule has 0 spiro atoms. The van der Waals surface area contributed by atoms with E-state index >= 15 is 0 Å². The molecule has 0 saturated carbocycles. The van der Waals surface area contributed by atoms with E-state index in [1.165, 1.54) is 0 Å². The minimum atomic E-state index is -0.825. The topological polar surface area (TPSA) is 64.6 Å². The smallest absolute Gasteiger partial charge is 0.347 e. The van der Waals surface area contributed by atoms with Crippen molar-refractivity contribution < 1.29 is 19.1 Å². The zero-order valence-electron chi connectivity index (χ0n) is 15.3. The lowest BCUT2D eigenvalue weighted by Crippen LogP contribution is -2.30. The third kappa shape index (κ3) is 5.49. The Balaban J connectivity index is 1.87. The summed E-state index contributed by atoms with van der Waals surface area (Å²) in [5.74, 6) is -0.510. The van der Waals surface area contributed by atoms with Gasteiger partial charge in [-0.2, -0.15) is 0 Å². The Morgan fingerprint density at radius 1 is 1.12 bits per heavy atom. The number of esters is 1. The number of halogens is 1. The summed E-state index contributed by atoms with van der Waals surface area (Å²) in [6, 6.07) is 11.0. The fraction of sp³-hybridized carbons (Fsp3) is 0.300. The molecule has 2 aromatic carbocycles. The van der Waals surface area contributed by atoms with Crippen LogP contribution in [0.3, 0.4) is 0 Å². The molecule has 0 unspecified atom stereocenters. The summed E-state index contributed by atoms with van der Waals surface area (Å²) < 4.78 is 10.6. The summed E-state index contributed by atoms with van der Waals surface area (Å²) in [4.78, 5) is 24.1. The normalized spacial score (nSPS) is 11.6. The van der Waals surface area contributed by atoms with Crippen molar-refractivity contribution in [2.45, 2.75) is 33.8 Å². The van der Waals surface area contributed by atoms with Gasteiger partial charge >= 0.3 is 5.97 Å². The maximum Gasteiger partial charge on any atom is 0.347 e. The summed E-state index contributed by atoms with van der Waals surface area (Å²) in [6.07, 6.45) is -0.825. The van der Waals surface area contributed by atoms with Gasteiger partial charge in [0.15, 0.2) is 12.7 Å². The van der Waals surface area contributed by atoms with Gasteiger partial charge in [-0.25, -0.2) is 4.79 Å². The van der Waals surface area contributed by atoms with Crippen LogP contribution in [0.2, 0.25) is 5.02 Å². The van der Waals surface area contributed by atoms with Crippen molar-refractivity contribution in [3.63, 3.8) is 0 Å². The van der Waals surface area contributed by atoms with Gasteiger partial charge in [-0.3, -0.25) is 4.79 Å². The molecular formula is C20H22ClNO4. The summed E-state index contributed by atoms with van der Waals surface area (Å²) >= 11 is 6.15. The van der Waals surface area contributed by atoms with Crippen molar-refractivity contribution in [3.05, 3.63) is 58.1 Å². The van der Waals surface area contributed by atoms with Crippen LogP contribution in [0.15, 0.2) is 36.4 Å². The molecule has 1 amide bonds. The lowest BCUT2D eigenvalue weighted by Gasteiger charge is -2.15. The van der Waals surface area contributed by atoms with Crippen LogP contribution >= 0.6 is 11.6 Å². The Morgan fingerprint density at radius 3 is 2.50 bits per heavy atom. The van der Waals surface area contributed by atoms with Crippen LogP contribution < -0.4 is 10.1 Å². The van der Waals surface area contributed by atoms with Crippen molar-refractivity contribution in [2.24, 2.45) is 0 Å². The first kappa shape index (κ1) is 19.8. The molecule has 6 heteroatoms. The molecule has 0 aliphatic rings. The van der Waals surface area contributed by atoms with Crippen LogP contribution in [0.4, 0.5) is 5.69 Å². The fourth-order valence-corrected chi connectivity index (χ4v) is 2.81. The Hall–Kier alpha value is -2.53. The lowest BCUT2D eigenvalue weighted by atomic mass is 10.1. The van der Waals surface area contributed by atoms with E-state index in [9.17, 15) is 9.59 Å². The van der Waals surface area contributed by atoms with Crippen molar-refractivity contribution in [1.82, 2.24) is 0 Å². The molecule has 0 bridgehead atoms. The molecule has 0 saturated heterocycles. The van der Waals surface area contributed by atoms with Crippen LogP contribution in [0.5, 0.6) is 5.75 Å². The number of amides is 1. The first-order valence-corrected chi connectivity index (χ1v) is 8.60. The van der Waals surface area contributed by atoms with Gasteiger partial charge in [0, 0.05) is 0 Å². The SMILES string of the molecule is Cc1cccc(O[C@@H](C)C(=O)OCC(=O)Nc2c(C)cc(C)cc2Cl)c1. The molecule has 0 aliphatic carbocycles. The first-order valence-electron chi connectivity index (χ1n) is 8.23. The Kier molecular flexibility index (Phi) is 6.64. The second-order valence-electron chi connectivity index (χ2n) is 6.17. The quantitative estimate of drug-likeness (QED) is 0.768. The largest absolute Gasteiger partial charge is 0.479 e. The van der Waals surface area contributed by atoms with Gasteiger partial charge in [-0.1, -0.05) is 29.8 Å². The van der Waals surface area contributed by atoms with Crippen molar-refractivity contribution >= 4 is 29.2 Å². The highest BCUT2D eigenvalue weighted by atomic mass is 35.5. The molecule has 5 nitrogen and oxygen atoms in total. The van der Waals surface area contributed by atoms with E-state index in [-0.39, 0.29) is 0 Å². The minimum Gasteiger partial charge on any atom is -0.479 e. The Labute approximate surface area is 158 Å². The molecule has 0 fully saturated rings. The molecule has 0 aliphatic heterocycles. The van der Waals surface area contributed by atoms with Crippen LogP contribution in [0, 0.1) is 20.8 Å². The number of carbonyl (C=O) groups is 2. The van der Waals surface area contributed by atoms with Crippen molar-refractivity contribution in [1.29, 1.82) is 0 Å². The monoisotopic (exact) mass is 375 g/mol. The molecule has 1 N–H and O–H groups in total. The number of carbonyl (C=O) groups excluding carboxylic acids is 2. The summed E-state index contributed by atoms with van der Waals surface area (Å²) in [5, 5.41) is 3.11. The first-order chi connectivity index (χ1) is 12.3.